The summed E-state index contributed by atoms with van der Waals surface area (Å²) in [5.41, 5.74) is 0.805. The maximum atomic E-state index is 12.0. The van der Waals surface area contributed by atoms with Gasteiger partial charge in [0.1, 0.15) is 0 Å². The predicted octanol–water partition coefficient (Wildman–Crippen LogP) is 2.91. The number of likely N-dealkylation sites (N-methyl/N-ethyl adjacent to an activating group) is 2. The van der Waals surface area contributed by atoms with Crippen molar-refractivity contribution in [2.75, 3.05) is 40.8 Å². The molecule has 0 aromatic heterocycles. The highest BCUT2D eigenvalue weighted by molar-refractivity contribution is 9.10. The summed E-state index contributed by atoms with van der Waals surface area (Å²) in [6.45, 7) is 3.06. The van der Waals surface area contributed by atoms with Crippen molar-refractivity contribution >= 4 is 21.7 Å². The number of hydrogen-bond acceptors (Lipinski definition) is 3. The van der Waals surface area contributed by atoms with Crippen molar-refractivity contribution in [1.29, 1.82) is 0 Å². The Bertz CT molecular complexity index is 390. The van der Waals surface area contributed by atoms with Gasteiger partial charge in [0.15, 0.2) is 5.78 Å². The molecule has 0 saturated carbocycles. The number of hydrogen-bond donors (Lipinski definition) is 0. The molecule has 0 unspecified atom stereocenters. The molecule has 0 aliphatic rings. The van der Waals surface area contributed by atoms with E-state index < -0.39 is 0 Å². The van der Waals surface area contributed by atoms with Crippen LogP contribution in [-0.4, -0.2) is 56.4 Å². The number of carbonyl (C=O) groups is 1. The van der Waals surface area contributed by atoms with Gasteiger partial charge in [0.05, 0.1) is 0 Å². The maximum Gasteiger partial charge on any atom is 0.162 e. The first-order valence-corrected chi connectivity index (χ1v) is 7.40. The summed E-state index contributed by atoms with van der Waals surface area (Å²) in [5.74, 6) is 0.230. The summed E-state index contributed by atoms with van der Waals surface area (Å²) in [5, 5.41) is 0. The molecule has 0 aliphatic heterocycles. The summed E-state index contributed by atoms with van der Waals surface area (Å²) in [4.78, 5) is 16.4. The van der Waals surface area contributed by atoms with Crippen LogP contribution in [-0.2, 0) is 0 Å². The van der Waals surface area contributed by atoms with Crippen molar-refractivity contribution in [3.63, 3.8) is 0 Å². The number of rotatable bonds is 8. The fraction of sp³-hybridized carbons (Fsp3) is 0.533. The molecule has 1 aromatic rings. The summed E-state index contributed by atoms with van der Waals surface area (Å²) in [6.07, 6.45) is 1.53. The Labute approximate surface area is 124 Å². The van der Waals surface area contributed by atoms with Gasteiger partial charge >= 0.3 is 0 Å². The fourth-order valence-corrected chi connectivity index (χ4v) is 2.04. The molecule has 106 valence electrons. The van der Waals surface area contributed by atoms with Crippen LogP contribution >= 0.6 is 15.9 Å². The van der Waals surface area contributed by atoms with Crippen LogP contribution in [0.1, 0.15) is 23.2 Å². The molecule has 0 aliphatic carbocycles. The summed E-state index contributed by atoms with van der Waals surface area (Å²) >= 11 is 3.37. The van der Waals surface area contributed by atoms with Crippen molar-refractivity contribution in [1.82, 2.24) is 9.80 Å². The van der Waals surface area contributed by atoms with Crippen LogP contribution < -0.4 is 0 Å². The number of benzene rings is 1. The third-order valence-corrected chi connectivity index (χ3v) is 3.57. The Morgan fingerprint density at radius 1 is 1.05 bits per heavy atom. The van der Waals surface area contributed by atoms with Gasteiger partial charge in [-0.25, -0.2) is 0 Å². The quantitative estimate of drug-likeness (QED) is 0.686. The molecular formula is C15H23BrN2O. The van der Waals surface area contributed by atoms with E-state index in [4.69, 9.17) is 0 Å². The SMILES string of the molecule is CN(C)CCN(C)CCCC(=O)c1ccc(Br)cc1. The third-order valence-electron chi connectivity index (χ3n) is 3.04. The molecule has 0 spiro atoms. The molecule has 0 bridgehead atoms. The summed E-state index contributed by atoms with van der Waals surface area (Å²) < 4.78 is 1.01. The minimum absolute atomic E-state index is 0.230. The van der Waals surface area contributed by atoms with Crippen molar-refractivity contribution in [3.05, 3.63) is 34.3 Å². The molecule has 0 radical (unpaired) electrons. The zero-order valence-electron chi connectivity index (χ0n) is 12.0. The Morgan fingerprint density at radius 2 is 1.68 bits per heavy atom. The van der Waals surface area contributed by atoms with E-state index in [0.29, 0.717) is 6.42 Å². The van der Waals surface area contributed by atoms with Gasteiger partial charge in [0.2, 0.25) is 0 Å². The predicted molar refractivity (Wildman–Crippen MR) is 83.8 cm³/mol. The van der Waals surface area contributed by atoms with E-state index in [9.17, 15) is 4.79 Å². The average Bonchev–Trinajstić information content (AvgIpc) is 2.37. The highest BCUT2D eigenvalue weighted by Crippen LogP contribution is 2.12. The molecule has 0 atom stereocenters. The van der Waals surface area contributed by atoms with Crippen molar-refractivity contribution in [3.8, 4) is 0 Å². The van der Waals surface area contributed by atoms with Crippen molar-refractivity contribution in [2.24, 2.45) is 0 Å². The fourth-order valence-electron chi connectivity index (χ4n) is 1.77. The Hall–Kier alpha value is -0.710. The highest BCUT2D eigenvalue weighted by atomic mass is 79.9. The molecule has 3 nitrogen and oxygen atoms in total. The van der Waals surface area contributed by atoms with Gasteiger partial charge < -0.3 is 9.80 Å². The standard InChI is InChI=1S/C15H23BrN2O/c1-17(2)11-12-18(3)10-4-5-15(19)13-6-8-14(16)9-7-13/h6-9H,4-5,10-12H2,1-3H3. The van der Waals surface area contributed by atoms with Gasteiger partial charge in [0.25, 0.3) is 0 Å². The average molecular weight is 327 g/mol. The van der Waals surface area contributed by atoms with Crippen LogP contribution in [0.4, 0.5) is 0 Å². The second-order valence-corrected chi connectivity index (χ2v) is 6.06. The lowest BCUT2D eigenvalue weighted by Gasteiger charge is -2.18. The van der Waals surface area contributed by atoms with E-state index in [1.54, 1.807) is 0 Å². The largest absolute Gasteiger partial charge is 0.308 e. The van der Waals surface area contributed by atoms with Gasteiger partial charge in [-0.3, -0.25) is 4.79 Å². The van der Waals surface area contributed by atoms with Gasteiger partial charge in [-0.05, 0) is 46.2 Å². The molecule has 0 heterocycles. The van der Waals surface area contributed by atoms with Crippen LogP contribution in [0.25, 0.3) is 0 Å². The molecule has 1 rings (SSSR count). The van der Waals surface area contributed by atoms with Crippen molar-refractivity contribution in [2.45, 2.75) is 12.8 Å². The second-order valence-electron chi connectivity index (χ2n) is 5.14. The Kier molecular flexibility index (Phi) is 7.28. The van der Waals surface area contributed by atoms with E-state index in [2.05, 4.69) is 46.9 Å². The number of nitrogens with zero attached hydrogens (tertiary/aromatic N) is 2. The first-order chi connectivity index (χ1) is 8.99. The van der Waals surface area contributed by atoms with Crippen LogP contribution in [0.15, 0.2) is 28.7 Å². The molecule has 4 heteroatoms. The number of ketones is 1. The van der Waals surface area contributed by atoms with Gasteiger partial charge in [-0.15, -0.1) is 0 Å². The lowest BCUT2D eigenvalue weighted by molar-refractivity contribution is 0.0976. The smallest absolute Gasteiger partial charge is 0.162 e. The van der Waals surface area contributed by atoms with Crippen LogP contribution in [0.5, 0.6) is 0 Å². The number of halogens is 1. The monoisotopic (exact) mass is 326 g/mol. The molecule has 0 saturated heterocycles. The zero-order chi connectivity index (χ0) is 14.3. The molecule has 0 amide bonds. The van der Waals surface area contributed by atoms with Crippen LogP contribution in [0.3, 0.4) is 0 Å². The van der Waals surface area contributed by atoms with E-state index in [1.807, 2.05) is 24.3 Å². The van der Waals surface area contributed by atoms with E-state index in [-0.39, 0.29) is 5.78 Å². The first-order valence-electron chi connectivity index (χ1n) is 6.61. The molecule has 1 aromatic carbocycles. The third kappa shape index (κ3) is 6.85. The molecule has 19 heavy (non-hydrogen) atoms. The van der Waals surface area contributed by atoms with Gasteiger partial charge in [-0.1, -0.05) is 28.1 Å². The van der Waals surface area contributed by atoms with Crippen LogP contribution in [0.2, 0.25) is 0 Å². The Balaban J connectivity index is 2.25. The van der Waals surface area contributed by atoms with E-state index in [0.717, 1.165) is 36.1 Å². The number of carbonyl (C=O) groups excluding carboxylic acids is 1. The van der Waals surface area contributed by atoms with Crippen molar-refractivity contribution < 1.29 is 4.79 Å². The molecular weight excluding hydrogens is 304 g/mol. The van der Waals surface area contributed by atoms with Crippen LogP contribution in [0, 0.1) is 0 Å². The zero-order valence-corrected chi connectivity index (χ0v) is 13.6. The minimum Gasteiger partial charge on any atom is -0.308 e. The van der Waals surface area contributed by atoms with Gasteiger partial charge in [-0.2, -0.15) is 0 Å². The maximum absolute atomic E-state index is 12.0. The first kappa shape index (κ1) is 16.3. The van der Waals surface area contributed by atoms with E-state index >= 15 is 0 Å². The lowest BCUT2D eigenvalue weighted by atomic mass is 10.1. The van der Waals surface area contributed by atoms with Gasteiger partial charge in [0, 0.05) is 29.5 Å². The molecule has 0 fully saturated rings. The topological polar surface area (TPSA) is 23.6 Å². The summed E-state index contributed by atoms with van der Waals surface area (Å²) in [7, 11) is 6.25. The second kappa shape index (κ2) is 8.46. The minimum atomic E-state index is 0.230. The highest BCUT2D eigenvalue weighted by Gasteiger charge is 2.06. The normalized spacial score (nSPS) is 11.3. The lowest BCUT2D eigenvalue weighted by Crippen LogP contribution is -2.29. The number of Topliss-reactive ketones (excluding diaryl/α,β-unsaturated/α-hetero) is 1. The molecule has 0 N–H and O–H groups in total. The Morgan fingerprint density at radius 3 is 2.26 bits per heavy atom. The van der Waals surface area contributed by atoms with E-state index in [1.165, 1.54) is 0 Å². The summed E-state index contributed by atoms with van der Waals surface area (Å²) in [6, 6.07) is 7.58.